The Labute approximate surface area is 157 Å². The van der Waals surface area contributed by atoms with Crippen molar-refractivity contribution in [2.75, 3.05) is 30.9 Å². The van der Waals surface area contributed by atoms with Gasteiger partial charge in [0.05, 0.1) is 13.7 Å². The summed E-state index contributed by atoms with van der Waals surface area (Å²) in [6.45, 7) is 1.12. The molecule has 2 aromatic carbocycles. The van der Waals surface area contributed by atoms with Crippen LogP contribution >= 0.6 is 11.6 Å². The molecule has 0 fully saturated rings. The molecule has 7 heteroatoms. The average molecular weight is 371 g/mol. The van der Waals surface area contributed by atoms with Gasteiger partial charge in [0.1, 0.15) is 23.9 Å². The van der Waals surface area contributed by atoms with E-state index in [1.807, 2.05) is 48.5 Å². The fourth-order valence-electron chi connectivity index (χ4n) is 2.23. The second-order valence-electron chi connectivity index (χ2n) is 5.35. The summed E-state index contributed by atoms with van der Waals surface area (Å²) in [5.41, 5.74) is 0.831. The van der Waals surface area contributed by atoms with Gasteiger partial charge in [0, 0.05) is 16.9 Å². The molecule has 26 heavy (non-hydrogen) atoms. The maximum Gasteiger partial charge on any atom is 0.229 e. The fourth-order valence-corrected chi connectivity index (χ4v) is 2.42. The summed E-state index contributed by atoms with van der Waals surface area (Å²) in [5.74, 6) is 2.80. The van der Waals surface area contributed by atoms with E-state index < -0.39 is 0 Å². The lowest BCUT2D eigenvalue weighted by molar-refractivity contribution is 0.331. The summed E-state index contributed by atoms with van der Waals surface area (Å²) in [6.07, 6.45) is 1.69. The summed E-state index contributed by atoms with van der Waals surface area (Å²) in [6, 6.07) is 16.7. The molecule has 0 unspecified atom stereocenters. The quantitative estimate of drug-likeness (QED) is 0.574. The highest BCUT2D eigenvalue weighted by Crippen LogP contribution is 2.19. The van der Waals surface area contributed by atoms with E-state index in [2.05, 4.69) is 20.6 Å². The first-order valence-corrected chi connectivity index (χ1v) is 8.47. The number of halogens is 1. The number of benzene rings is 2. The molecule has 0 aliphatic rings. The van der Waals surface area contributed by atoms with Gasteiger partial charge in [-0.1, -0.05) is 17.7 Å². The Morgan fingerprint density at radius 2 is 1.85 bits per heavy atom. The third-order valence-electron chi connectivity index (χ3n) is 3.47. The lowest BCUT2D eigenvalue weighted by atomic mass is 10.3. The Morgan fingerprint density at radius 3 is 2.62 bits per heavy atom. The van der Waals surface area contributed by atoms with Crippen molar-refractivity contribution in [3.63, 3.8) is 0 Å². The van der Waals surface area contributed by atoms with Crippen molar-refractivity contribution < 1.29 is 9.47 Å². The van der Waals surface area contributed by atoms with Crippen molar-refractivity contribution in [1.29, 1.82) is 0 Å². The number of methoxy groups -OCH3 is 1. The molecule has 0 aliphatic heterocycles. The Kier molecular flexibility index (Phi) is 6.11. The monoisotopic (exact) mass is 370 g/mol. The number of anilines is 3. The summed E-state index contributed by atoms with van der Waals surface area (Å²) in [7, 11) is 1.64. The van der Waals surface area contributed by atoms with Gasteiger partial charge in [0.25, 0.3) is 0 Å². The topological polar surface area (TPSA) is 68.3 Å². The zero-order valence-corrected chi connectivity index (χ0v) is 15.0. The van der Waals surface area contributed by atoms with Gasteiger partial charge < -0.3 is 20.1 Å². The highest BCUT2D eigenvalue weighted by molar-refractivity contribution is 6.30. The molecule has 0 spiro atoms. The Bertz CT molecular complexity index is 843. The van der Waals surface area contributed by atoms with E-state index in [1.165, 1.54) is 0 Å². The predicted octanol–water partition coefficient (Wildman–Crippen LogP) is 4.37. The molecule has 0 radical (unpaired) electrons. The molecule has 3 rings (SSSR count). The van der Waals surface area contributed by atoms with E-state index >= 15 is 0 Å². The first kappa shape index (κ1) is 17.8. The van der Waals surface area contributed by atoms with Crippen LogP contribution in [-0.4, -0.2) is 30.2 Å². The van der Waals surface area contributed by atoms with Crippen LogP contribution in [0.5, 0.6) is 11.5 Å². The maximum absolute atomic E-state index is 5.98. The minimum Gasteiger partial charge on any atom is -0.497 e. The van der Waals surface area contributed by atoms with Crippen LogP contribution in [0, 0.1) is 0 Å². The third kappa shape index (κ3) is 5.26. The summed E-state index contributed by atoms with van der Waals surface area (Å²) >= 11 is 5.98. The molecule has 0 atom stereocenters. The van der Waals surface area contributed by atoms with Gasteiger partial charge in [-0.3, -0.25) is 0 Å². The average Bonchev–Trinajstić information content (AvgIpc) is 2.66. The van der Waals surface area contributed by atoms with Crippen molar-refractivity contribution in [3.05, 3.63) is 65.8 Å². The summed E-state index contributed by atoms with van der Waals surface area (Å²) in [4.78, 5) is 8.62. The van der Waals surface area contributed by atoms with Crippen LogP contribution < -0.4 is 20.1 Å². The SMILES string of the molecule is COc1ccc(OCCNc2ccnc(Nc3cccc(Cl)c3)n2)cc1. The molecule has 3 aromatic rings. The van der Waals surface area contributed by atoms with E-state index in [0.717, 1.165) is 17.2 Å². The molecule has 2 N–H and O–H groups in total. The van der Waals surface area contributed by atoms with Gasteiger partial charge >= 0.3 is 0 Å². The number of rotatable bonds is 8. The minimum atomic E-state index is 0.494. The molecule has 0 bridgehead atoms. The Hall–Kier alpha value is -2.99. The predicted molar refractivity (Wildman–Crippen MR) is 104 cm³/mol. The standard InChI is InChI=1S/C19H19ClN4O2/c1-25-16-5-7-17(8-6-16)26-12-11-21-18-9-10-22-19(24-18)23-15-4-2-3-14(20)13-15/h2-10,13H,11-12H2,1H3,(H2,21,22,23,24). The summed E-state index contributed by atoms with van der Waals surface area (Å²) in [5, 5.41) is 6.98. The summed E-state index contributed by atoms with van der Waals surface area (Å²) < 4.78 is 10.8. The Morgan fingerprint density at radius 1 is 1.04 bits per heavy atom. The molecule has 0 saturated carbocycles. The second-order valence-corrected chi connectivity index (χ2v) is 5.79. The van der Waals surface area contributed by atoms with Crippen LogP contribution in [0.2, 0.25) is 5.02 Å². The van der Waals surface area contributed by atoms with Gasteiger partial charge in [-0.25, -0.2) is 4.98 Å². The van der Waals surface area contributed by atoms with E-state index in [-0.39, 0.29) is 0 Å². The molecular formula is C19H19ClN4O2. The lowest BCUT2D eigenvalue weighted by Gasteiger charge is -2.10. The second kappa shape index (κ2) is 8.92. The molecule has 1 heterocycles. The van der Waals surface area contributed by atoms with Crippen molar-refractivity contribution >= 4 is 29.1 Å². The van der Waals surface area contributed by atoms with Crippen LogP contribution in [0.15, 0.2) is 60.8 Å². The smallest absolute Gasteiger partial charge is 0.229 e. The van der Waals surface area contributed by atoms with Crippen LogP contribution in [0.3, 0.4) is 0 Å². The molecule has 134 valence electrons. The van der Waals surface area contributed by atoms with Crippen molar-refractivity contribution in [2.45, 2.75) is 0 Å². The van der Waals surface area contributed by atoms with Crippen LogP contribution in [0.4, 0.5) is 17.5 Å². The van der Waals surface area contributed by atoms with E-state index in [1.54, 1.807) is 19.4 Å². The normalized spacial score (nSPS) is 10.2. The van der Waals surface area contributed by atoms with Gasteiger partial charge in [-0.05, 0) is 48.5 Å². The van der Waals surface area contributed by atoms with E-state index in [0.29, 0.717) is 29.9 Å². The van der Waals surface area contributed by atoms with Gasteiger partial charge in [0.2, 0.25) is 5.95 Å². The molecule has 0 amide bonds. The highest BCUT2D eigenvalue weighted by Gasteiger charge is 2.01. The fraction of sp³-hybridized carbons (Fsp3) is 0.158. The maximum atomic E-state index is 5.98. The lowest BCUT2D eigenvalue weighted by Crippen LogP contribution is -2.13. The van der Waals surface area contributed by atoms with Crippen LogP contribution in [-0.2, 0) is 0 Å². The van der Waals surface area contributed by atoms with Crippen molar-refractivity contribution in [1.82, 2.24) is 9.97 Å². The van der Waals surface area contributed by atoms with E-state index in [4.69, 9.17) is 21.1 Å². The van der Waals surface area contributed by atoms with Crippen molar-refractivity contribution in [2.24, 2.45) is 0 Å². The molecular weight excluding hydrogens is 352 g/mol. The van der Waals surface area contributed by atoms with Gasteiger partial charge in [-0.2, -0.15) is 4.98 Å². The van der Waals surface area contributed by atoms with Crippen LogP contribution in [0.1, 0.15) is 0 Å². The molecule has 0 saturated heterocycles. The van der Waals surface area contributed by atoms with Gasteiger partial charge in [0.15, 0.2) is 0 Å². The number of aromatic nitrogens is 2. The van der Waals surface area contributed by atoms with Gasteiger partial charge in [-0.15, -0.1) is 0 Å². The number of hydrogen-bond acceptors (Lipinski definition) is 6. The largest absolute Gasteiger partial charge is 0.497 e. The van der Waals surface area contributed by atoms with Crippen LogP contribution in [0.25, 0.3) is 0 Å². The van der Waals surface area contributed by atoms with E-state index in [9.17, 15) is 0 Å². The molecule has 6 nitrogen and oxygen atoms in total. The Balaban J connectivity index is 1.49. The zero-order chi connectivity index (χ0) is 18.2. The number of nitrogens with one attached hydrogen (secondary N) is 2. The van der Waals surface area contributed by atoms with Crippen molar-refractivity contribution in [3.8, 4) is 11.5 Å². The minimum absolute atomic E-state index is 0.494. The number of hydrogen-bond donors (Lipinski definition) is 2. The third-order valence-corrected chi connectivity index (χ3v) is 3.71. The number of nitrogens with zero attached hydrogens (tertiary/aromatic N) is 2. The number of ether oxygens (including phenoxy) is 2. The zero-order valence-electron chi connectivity index (χ0n) is 14.3. The first-order valence-electron chi connectivity index (χ1n) is 8.09. The molecule has 0 aliphatic carbocycles. The molecule has 1 aromatic heterocycles. The first-order chi connectivity index (χ1) is 12.7. The highest BCUT2D eigenvalue weighted by atomic mass is 35.5.